The van der Waals surface area contributed by atoms with Crippen LogP contribution in [0.1, 0.15) is 290 Å². The lowest BCUT2D eigenvalue weighted by molar-refractivity contribution is -0.167. The van der Waals surface area contributed by atoms with Gasteiger partial charge in [-0.15, -0.1) is 0 Å². The number of hydrogen-bond acceptors (Lipinski definition) is 6. The Bertz CT molecular complexity index is 1600. The third-order valence-electron chi connectivity index (χ3n) is 13.4. The number of carbonyl (C=O) groups is 3. The van der Waals surface area contributed by atoms with Crippen LogP contribution in [0.2, 0.25) is 0 Å². The molecule has 0 aliphatic carbocycles. The predicted molar refractivity (Wildman–Crippen MR) is 334 cm³/mol. The fourth-order valence-electron chi connectivity index (χ4n) is 8.69. The van der Waals surface area contributed by atoms with Gasteiger partial charge in [-0.2, -0.15) is 0 Å². The first kappa shape index (κ1) is 72.8. The highest BCUT2D eigenvalue weighted by molar-refractivity contribution is 5.71. The molecule has 0 saturated carbocycles. The molecule has 0 saturated heterocycles. The van der Waals surface area contributed by atoms with E-state index in [1.54, 1.807) is 0 Å². The molecule has 0 heterocycles. The van der Waals surface area contributed by atoms with Gasteiger partial charge >= 0.3 is 17.9 Å². The average molecular weight is 1070 g/mol. The molecule has 0 aromatic heterocycles. The Morgan fingerprint density at radius 2 is 0.506 bits per heavy atom. The van der Waals surface area contributed by atoms with E-state index in [4.69, 9.17) is 14.2 Å². The van der Waals surface area contributed by atoms with Crippen LogP contribution in [0, 0.1) is 0 Å². The minimum Gasteiger partial charge on any atom is -0.462 e. The summed E-state index contributed by atoms with van der Waals surface area (Å²) >= 11 is 0. The molecule has 0 aliphatic heterocycles. The van der Waals surface area contributed by atoms with Crippen LogP contribution in [0.5, 0.6) is 0 Å². The Morgan fingerprint density at radius 1 is 0.273 bits per heavy atom. The van der Waals surface area contributed by atoms with Gasteiger partial charge in [0.25, 0.3) is 0 Å². The highest BCUT2D eigenvalue weighted by Crippen LogP contribution is 2.16. The number of esters is 3. The number of hydrogen-bond donors (Lipinski definition) is 0. The smallest absolute Gasteiger partial charge is 0.306 e. The second-order valence-corrected chi connectivity index (χ2v) is 20.9. The number of unbranched alkanes of at least 4 members (excludes halogenated alkanes) is 26. The lowest BCUT2D eigenvalue weighted by atomic mass is 10.1. The maximum Gasteiger partial charge on any atom is 0.306 e. The third-order valence-corrected chi connectivity index (χ3v) is 13.4. The van der Waals surface area contributed by atoms with E-state index in [0.717, 1.165) is 128 Å². The zero-order valence-corrected chi connectivity index (χ0v) is 50.2. The second kappa shape index (κ2) is 64.3. The van der Waals surface area contributed by atoms with E-state index < -0.39 is 6.10 Å². The van der Waals surface area contributed by atoms with E-state index in [0.29, 0.717) is 19.3 Å². The number of rotatable bonds is 57. The van der Waals surface area contributed by atoms with Gasteiger partial charge in [0.15, 0.2) is 6.10 Å². The molecule has 1 unspecified atom stereocenters. The molecule has 0 bridgehead atoms. The highest BCUT2D eigenvalue weighted by Gasteiger charge is 2.19. The Labute approximate surface area is 475 Å². The third kappa shape index (κ3) is 62.5. The second-order valence-electron chi connectivity index (χ2n) is 20.9. The van der Waals surface area contributed by atoms with Crippen LogP contribution in [-0.2, 0) is 28.6 Å². The van der Waals surface area contributed by atoms with E-state index in [1.807, 2.05) is 0 Å². The van der Waals surface area contributed by atoms with Gasteiger partial charge in [-0.3, -0.25) is 14.4 Å². The van der Waals surface area contributed by atoms with Crippen LogP contribution in [0.15, 0.2) is 122 Å². The Hall–Kier alpha value is -4.19. The van der Waals surface area contributed by atoms with Crippen LogP contribution in [0.3, 0.4) is 0 Å². The molecule has 0 spiro atoms. The monoisotopic (exact) mass is 1070 g/mol. The zero-order valence-electron chi connectivity index (χ0n) is 50.2. The zero-order chi connectivity index (χ0) is 55.7. The van der Waals surface area contributed by atoms with Gasteiger partial charge in [0, 0.05) is 19.3 Å². The largest absolute Gasteiger partial charge is 0.462 e. The highest BCUT2D eigenvalue weighted by atomic mass is 16.6. The fraction of sp³-hybridized carbons (Fsp3) is 0.676. The number of carbonyl (C=O) groups excluding carboxylic acids is 3. The van der Waals surface area contributed by atoms with Crippen molar-refractivity contribution in [3.63, 3.8) is 0 Å². The summed E-state index contributed by atoms with van der Waals surface area (Å²) in [7, 11) is 0. The molecule has 0 radical (unpaired) electrons. The summed E-state index contributed by atoms with van der Waals surface area (Å²) in [6, 6.07) is 0. The molecule has 0 N–H and O–H groups in total. The standard InChI is InChI=1S/C71H118O6/c1-4-7-10-13-16-19-22-25-28-31-33-34-35-36-38-40-43-46-49-52-55-58-61-64-70(73)76-67-68(66-75-69(72)63-60-57-54-51-48-45-42-39-30-27-24-21-18-15-12-9-6-3)77-71(74)65-62-59-56-53-50-47-44-41-37-32-29-26-23-20-17-14-11-8-5-2/h7,9-10,12,16-21,25-30,33-34,42,45,68H,4-6,8,11,13-15,22-24,31-32,35-41,43-44,46-67H2,1-3H3/b10-7-,12-9-,19-16-,20-17-,21-18-,28-25-,29-26-,30-27-,34-33-,45-42-. The molecule has 0 aromatic carbocycles. The summed E-state index contributed by atoms with van der Waals surface area (Å²) in [6.07, 6.45) is 89.1. The molecule has 0 rings (SSSR count). The molecule has 77 heavy (non-hydrogen) atoms. The van der Waals surface area contributed by atoms with Crippen LogP contribution >= 0.6 is 0 Å². The molecular weight excluding hydrogens is 949 g/mol. The maximum atomic E-state index is 12.9. The normalized spacial score (nSPS) is 12.9. The quantitative estimate of drug-likeness (QED) is 0.0261. The first-order chi connectivity index (χ1) is 38.0. The SMILES string of the molecule is CC/C=C\C/C=C\C/C=C\C/C=C\CCCCCCCCCCCCC(=O)OCC(COC(=O)CCCCCC/C=C\C/C=C\C/C=C\C/C=C\CC)OC(=O)CCCCCCCCCCC/C=C\C/C=C\CCCCC. The van der Waals surface area contributed by atoms with Crippen LogP contribution in [-0.4, -0.2) is 37.2 Å². The molecule has 6 heteroatoms. The maximum absolute atomic E-state index is 12.9. The molecule has 0 fully saturated rings. The summed E-state index contributed by atoms with van der Waals surface area (Å²) in [5.41, 5.74) is 0. The van der Waals surface area contributed by atoms with Crippen LogP contribution < -0.4 is 0 Å². The van der Waals surface area contributed by atoms with Gasteiger partial charge in [-0.1, -0.05) is 264 Å². The predicted octanol–water partition coefficient (Wildman–Crippen LogP) is 22.0. The van der Waals surface area contributed by atoms with Gasteiger partial charge in [0.05, 0.1) is 0 Å². The van der Waals surface area contributed by atoms with Crippen LogP contribution in [0.25, 0.3) is 0 Å². The van der Waals surface area contributed by atoms with E-state index >= 15 is 0 Å². The molecule has 1 atom stereocenters. The Morgan fingerprint density at radius 3 is 0.792 bits per heavy atom. The van der Waals surface area contributed by atoms with Gasteiger partial charge in [-0.25, -0.2) is 0 Å². The molecule has 438 valence electrons. The van der Waals surface area contributed by atoms with Crippen molar-refractivity contribution in [2.24, 2.45) is 0 Å². The van der Waals surface area contributed by atoms with E-state index in [-0.39, 0.29) is 31.1 Å². The van der Waals surface area contributed by atoms with E-state index in [1.165, 1.54) is 122 Å². The van der Waals surface area contributed by atoms with Crippen molar-refractivity contribution in [3.05, 3.63) is 122 Å². The lowest BCUT2D eigenvalue weighted by Gasteiger charge is -2.18. The summed E-state index contributed by atoms with van der Waals surface area (Å²) < 4.78 is 16.9. The van der Waals surface area contributed by atoms with Crippen molar-refractivity contribution in [3.8, 4) is 0 Å². The van der Waals surface area contributed by atoms with Crippen molar-refractivity contribution in [1.82, 2.24) is 0 Å². The minimum atomic E-state index is -0.797. The Balaban J connectivity index is 4.42. The minimum absolute atomic E-state index is 0.0918. The van der Waals surface area contributed by atoms with Crippen molar-refractivity contribution in [2.75, 3.05) is 13.2 Å². The summed E-state index contributed by atoms with van der Waals surface area (Å²) in [6.45, 7) is 6.38. The average Bonchev–Trinajstić information content (AvgIpc) is 3.43. The first-order valence-corrected chi connectivity index (χ1v) is 32.0. The van der Waals surface area contributed by atoms with Crippen molar-refractivity contribution >= 4 is 17.9 Å². The van der Waals surface area contributed by atoms with Crippen molar-refractivity contribution in [1.29, 1.82) is 0 Å². The molecule has 0 aromatic rings. The molecule has 0 amide bonds. The van der Waals surface area contributed by atoms with Gasteiger partial charge in [-0.05, 0) is 128 Å². The van der Waals surface area contributed by atoms with Crippen molar-refractivity contribution < 1.29 is 28.6 Å². The van der Waals surface area contributed by atoms with Crippen LogP contribution in [0.4, 0.5) is 0 Å². The Kier molecular flexibility index (Phi) is 60.8. The molecule has 0 aliphatic rings. The van der Waals surface area contributed by atoms with Gasteiger partial charge < -0.3 is 14.2 Å². The van der Waals surface area contributed by atoms with Gasteiger partial charge in [0.1, 0.15) is 13.2 Å². The van der Waals surface area contributed by atoms with E-state index in [2.05, 4.69) is 142 Å². The summed E-state index contributed by atoms with van der Waals surface area (Å²) in [5, 5.41) is 0. The fourth-order valence-corrected chi connectivity index (χ4v) is 8.69. The number of ether oxygens (including phenoxy) is 3. The first-order valence-electron chi connectivity index (χ1n) is 32.0. The summed E-state index contributed by atoms with van der Waals surface area (Å²) in [4.78, 5) is 38.4. The lowest BCUT2D eigenvalue weighted by Crippen LogP contribution is -2.30. The van der Waals surface area contributed by atoms with Gasteiger partial charge in [0.2, 0.25) is 0 Å². The van der Waals surface area contributed by atoms with E-state index in [9.17, 15) is 14.4 Å². The summed E-state index contributed by atoms with van der Waals surface area (Å²) in [5.74, 6) is -0.919. The van der Waals surface area contributed by atoms with Crippen molar-refractivity contribution in [2.45, 2.75) is 297 Å². The number of allylic oxidation sites excluding steroid dienone is 20. The molecule has 6 nitrogen and oxygen atoms in total. The topological polar surface area (TPSA) is 78.9 Å². The molecular formula is C71H118O6.